The van der Waals surface area contributed by atoms with Crippen LogP contribution in [0.1, 0.15) is 16.1 Å². The number of aromatic hydroxyl groups is 1. The van der Waals surface area contributed by atoms with E-state index < -0.39 is 0 Å². The van der Waals surface area contributed by atoms with Gasteiger partial charge in [-0.3, -0.25) is 4.79 Å². The molecular weight excluding hydrogens is 312 g/mol. The molecule has 0 spiro atoms. The van der Waals surface area contributed by atoms with Crippen molar-refractivity contribution in [3.8, 4) is 5.75 Å². The van der Waals surface area contributed by atoms with Gasteiger partial charge >= 0.3 is 0 Å². The highest BCUT2D eigenvalue weighted by molar-refractivity contribution is 9.10. The number of benzene rings is 1. The van der Waals surface area contributed by atoms with E-state index in [1.807, 2.05) is 0 Å². The molecule has 0 atom stereocenters. The van der Waals surface area contributed by atoms with E-state index in [9.17, 15) is 9.90 Å². The summed E-state index contributed by atoms with van der Waals surface area (Å²) in [5, 5.41) is 9.41. The van der Waals surface area contributed by atoms with E-state index in [-0.39, 0.29) is 17.2 Å². The Kier molecular flexibility index (Phi) is 3.80. The summed E-state index contributed by atoms with van der Waals surface area (Å²) >= 11 is 3.20. The zero-order valence-corrected chi connectivity index (χ0v) is 11.8. The molecule has 0 unspecified atom stereocenters. The Hall–Kier alpha value is -1.95. The van der Waals surface area contributed by atoms with Crippen molar-refractivity contribution in [2.75, 3.05) is 12.8 Å². The van der Waals surface area contributed by atoms with Crippen molar-refractivity contribution >= 4 is 27.5 Å². The van der Waals surface area contributed by atoms with Gasteiger partial charge in [-0.2, -0.15) is 0 Å². The van der Waals surface area contributed by atoms with Crippen LogP contribution < -0.4 is 5.73 Å². The van der Waals surface area contributed by atoms with E-state index in [1.54, 1.807) is 19.2 Å². The molecule has 1 aromatic carbocycles. The van der Waals surface area contributed by atoms with Gasteiger partial charge < -0.3 is 20.2 Å². The lowest BCUT2D eigenvalue weighted by Gasteiger charge is -2.17. The lowest BCUT2D eigenvalue weighted by molar-refractivity contribution is 0.0775. The molecule has 0 radical (unpaired) electrons. The Balaban J connectivity index is 2.16. The zero-order chi connectivity index (χ0) is 14.0. The highest BCUT2D eigenvalue weighted by Gasteiger charge is 2.16. The number of rotatable bonds is 3. The maximum Gasteiger partial charge on any atom is 0.256 e. The summed E-state index contributed by atoms with van der Waals surface area (Å²) in [7, 11) is 1.64. The predicted octanol–water partition coefficient (Wildman–Crippen LogP) is 2.60. The third kappa shape index (κ3) is 3.08. The monoisotopic (exact) mass is 324 g/mol. The second-order valence-corrected chi connectivity index (χ2v) is 4.92. The molecular formula is C13H13BrN2O3. The first-order valence-corrected chi connectivity index (χ1v) is 6.35. The van der Waals surface area contributed by atoms with E-state index in [2.05, 4.69) is 15.9 Å². The fraction of sp³-hybridized carbons (Fsp3) is 0.154. The molecule has 5 nitrogen and oxygen atoms in total. The third-order valence-electron chi connectivity index (χ3n) is 2.64. The molecule has 2 aromatic rings. The molecule has 0 aliphatic rings. The van der Waals surface area contributed by atoms with Gasteiger partial charge in [-0.25, -0.2) is 0 Å². The molecule has 1 aromatic heterocycles. The van der Waals surface area contributed by atoms with Crippen molar-refractivity contribution < 1.29 is 14.3 Å². The minimum absolute atomic E-state index is 0.00620. The number of carbonyl (C=O) groups excluding carboxylic acids is 1. The summed E-state index contributed by atoms with van der Waals surface area (Å²) in [5.74, 6) is 0.383. The second-order valence-electron chi connectivity index (χ2n) is 4.14. The molecule has 1 heterocycles. The Labute approximate surface area is 118 Å². The van der Waals surface area contributed by atoms with E-state index in [0.29, 0.717) is 22.7 Å². The second kappa shape index (κ2) is 5.36. The van der Waals surface area contributed by atoms with Crippen LogP contribution in [0.3, 0.4) is 0 Å². The largest absolute Gasteiger partial charge is 0.508 e. The van der Waals surface area contributed by atoms with Crippen LogP contribution in [0.2, 0.25) is 0 Å². The number of nitrogen functional groups attached to an aromatic ring is 1. The summed E-state index contributed by atoms with van der Waals surface area (Å²) in [6.45, 7) is 0.319. The van der Waals surface area contributed by atoms with Crippen LogP contribution in [0, 0.1) is 0 Å². The number of nitrogens with two attached hydrogens (primary N) is 1. The minimum atomic E-state index is -0.277. The van der Waals surface area contributed by atoms with Crippen LogP contribution in [0.25, 0.3) is 0 Å². The van der Waals surface area contributed by atoms with E-state index in [4.69, 9.17) is 10.2 Å². The molecule has 0 fully saturated rings. The predicted molar refractivity (Wildman–Crippen MR) is 74.7 cm³/mol. The molecule has 100 valence electrons. The number of hydrogen-bond acceptors (Lipinski definition) is 4. The molecule has 1 amide bonds. The number of nitrogens with zero attached hydrogens (tertiary/aromatic N) is 1. The van der Waals surface area contributed by atoms with Crippen LogP contribution in [0.4, 0.5) is 5.69 Å². The zero-order valence-electron chi connectivity index (χ0n) is 10.3. The lowest BCUT2D eigenvalue weighted by Crippen LogP contribution is -2.26. The first-order chi connectivity index (χ1) is 8.97. The fourth-order valence-electron chi connectivity index (χ4n) is 1.68. The van der Waals surface area contributed by atoms with Crippen LogP contribution >= 0.6 is 15.9 Å². The first kappa shape index (κ1) is 13.5. The summed E-state index contributed by atoms with van der Waals surface area (Å²) in [5.41, 5.74) is 6.34. The van der Waals surface area contributed by atoms with Gasteiger partial charge in [-0.15, -0.1) is 0 Å². The number of phenols is 1. The van der Waals surface area contributed by atoms with Gasteiger partial charge in [-0.1, -0.05) is 0 Å². The van der Waals surface area contributed by atoms with Gasteiger partial charge in [0.25, 0.3) is 5.91 Å². The van der Waals surface area contributed by atoms with Crippen molar-refractivity contribution in [2.45, 2.75) is 6.54 Å². The number of phenolic OH excluding ortho intramolecular Hbond substituents is 1. The Morgan fingerprint density at radius 2 is 2.16 bits per heavy atom. The van der Waals surface area contributed by atoms with Crippen molar-refractivity contribution in [1.29, 1.82) is 0 Å². The van der Waals surface area contributed by atoms with Gasteiger partial charge in [0.05, 0.1) is 12.1 Å². The summed E-state index contributed by atoms with van der Waals surface area (Å²) in [4.78, 5) is 13.7. The average molecular weight is 325 g/mol. The van der Waals surface area contributed by atoms with Crippen LogP contribution in [-0.2, 0) is 6.54 Å². The first-order valence-electron chi connectivity index (χ1n) is 5.55. The quantitative estimate of drug-likeness (QED) is 0.671. The highest BCUT2D eigenvalue weighted by Crippen LogP contribution is 2.21. The maximum absolute atomic E-state index is 12.2. The molecule has 6 heteroatoms. The molecule has 0 saturated carbocycles. The number of amides is 1. The molecule has 0 aliphatic heterocycles. The molecule has 19 heavy (non-hydrogen) atoms. The van der Waals surface area contributed by atoms with Gasteiger partial charge in [0, 0.05) is 12.7 Å². The number of furan rings is 1. The third-order valence-corrected chi connectivity index (χ3v) is 3.06. The van der Waals surface area contributed by atoms with Gasteiger partial charge in [-0.05, 0) is 46.3 Å². The molecule has 2 rings (SSSR count). The minimum Gasteiger partial charge on any atom is -0.508 e. The molecule has 3 N–H and O–H groups in total. The summed E-state index contributed by atoms with van der Waals surface area (Å²) in [6.07, 6.45) is 0. The van der Waals surface area contributed by atoms with E-state index in [1.165, 1.54) is 23.1 Å². The topological polar surface area (TPSA) is 79.7 Å². The van der Waals surface area contributed by atoms with E-state index >= 15 is 0 Å². The maximum atomic E-state index is 12.2. The summed E-state index contributed by atoms with van der Waals surface area (Å²) < 4.78 is 5.95. The average Bonchev–Trinajstić information content (AvgIpc) is 2.77. The van der Waals surface area contributed by atoms with Crippen molar-refractivity contribution in [1.82, 2.24) is 4.90 Å². The normalized spacial score (nSPS) is 10.4. The lowest BCUT2D eigenvalue weighted by atomic mass is 10.1. The van der Waals surface area contributed by atoms with Crippen molar-refractivity contribution in [3.05, 3.63) is 46.3 Å². The molecule has 0 saturated heterocycles. The van der Waals surface area contributed by atoms with E-state index in [0.717, 1.165) is 0 Å². The van der Waals surface area contributed by atoms with Crippen LogP contribution in [-0.4, -0.2) is 23.0 Å². The van der Waals surface area contributed by atoms with Crippen LogP contribution in [0.15, 0.2) is 39.4 Å². The Morgan fingerprint density at radius 3 is 2.79 bits per heavy atom. The van der Waals surface area contributed by atoms with Gasteiger partial charge in [0.2, 0.25) is 0 Å². The number of hydrogen-bond donors (Lipinski definition) is 2. The van der Waals surface area contributed by atoms with Crippen LogP contribution in [0.5, 0.6) is 5.75 Å². The van der Waals surface area contributed by atoms with Crippen molar-refractivity contribution in [3.63, 3.8) is 0 Å². The molecule has 0 aliphatic carbocycles. The standard InChI is InChI=1S/C13H13BrN2O3/c1-16(7-9-3-5-12(14)19-9)13(18)10-6-8(17)2-4-11(10)15/h2-6,17H,7,15H2,1H3. The van der Waals surface area contributed by atoms with Crippen molar-refractivity contribution in [2.24, 2.45) is 0 Å². The SMILES string of the molecule is CN(Cc1ccc(Br)o1)C(=O)c1cc(O)ccc1N. The Bertz CT molecular complexity index is 610. The smallest absolute Gasteiger partial charge is 0.256 e. The van der Waals surface area contributed by atoms with Gasteiger partial charge in [0.15, 0.2) is 4.67 Å². The number of carbonyl (C=O) groups is 1. The summed E-state index contributed by atoms with van der Waals surface area (Å²) in [6, 6.07) is 7.83. The number of anilines is 1. The fourth-order valence-corrected chi connectivity index (χ4v) is 2.02. The van der Waals surface area contributed by atoms with Gasteiger partial charge in [0.1, 0.15) is 11.5 Å². The number of halogens is 1. The highest BCUT2D eigenvalue weighted by atomic mass is 79.9. The molecule has 0 bridgehead atoms. The Morgan fingerprint density at radius 1 is 1.42 bits per heavy atom.